The molecule has 2 atom stereocenters. The zero-order valence-electron chi connectivity index (χ0n) is 6.34. The first-order valence-corrected chi connectivity index (χ1v) is 3.67. The standard InChI is InChI=1S/C7H15NO.ClH/c1-6-2-3-8-7(4-6)5-9;/h6-9H,2-5H2,1H3;1H/t6-,7+;/m1./s1. The number of halogens is 1. The Morgan fingerprint density at radius 1 is 1.60 bits per heavy atom. The molecule has 1 heterocycles. The Bertz CT molecular complexity index is 89.7. The molecule has 3 heteroatoms. The van der Waals surface area contributed by atoms with Gasteiger partial charge in [0.15, 0.2) is 0 Å². The molecule has 1 saturated heterocycles. The van der Waals surface area contributed by atoms with Gasteiger partial charge >= 0.3 is 0 Å². The van der Waals surface area contributed by atoms with Crippen molar-refractivity contribution in [3.63, 3.8) is 0 Å². The van der Waals surface area contributed by atoms with Crippen LogP contribution in [0.25, 0.3) is 0 Å². The van der Waals surface area contributed by atoms with Crippen molar-refractivity contribution in [2.45, 2.75) is 25.8 Å². The van der Waals surface area contributed by atoms with Gasteiger partial charge in [-0.1, -0.05) is 6.92 Å². The number of piperidine rings is 1. The van der Waals surface area contributed by atoms with Crippen molar-refractivity contribution >= 4 is 12.4 Å². The summed E-state index contributed by atoms with van der Waals surface area (Å²) in [7, 11) is 0. The third kappa shape index (κ3) is 2.86. The average Bonchev–Trinajstić information content (AvgIpc) is 1.88. The predicted molar refractivity (Wildman–Crippen MR) is 44.5 cm³/mol. The van der Waals surface area contributed by atoms with Crippen LogP contribution < -0.4 is 5.32 Å². The minimum atomic E-state index is 0. The lowest BCUT2D eigenvalue weighted by Crippen LogP contribution is -2.39. The van der Waals surface area contributed by atoms with Gasteiger partial charge < -0.3 is 10.4 Å². The predicted octanol–water partition coefficient (Wildman–Crippen LogP) is 0.789. The van der Waals surface area contributed by atoms with E-state index >= 15 is 0 Å². The lowest BCUT2D eigenvalue weighted by Gasteiger charge is -2.26. The number of hydrogen-bond donors (Lipinski definition) is 2. The Morgan fingerprint density at radius 3 is 2.70 bits per heavy atom. The van der Waals surface area contributed by atoms with E-state index in [-0.39, 0.29) is 12.4 Å². The molecule has 1 fully saturated rings. The van der Waals surface area contributed by atoms with Gasteiger partial charge in [-0.05, 0) is 25.3 Å². The van der Waals surface area contributed by atoms with Crippen LogP contribution in [0.3, 0.4) is 0 Å². The molecule has 2 nitrogen and oxygen atoms in total. The van der Waals surface area contributed by atoms with E-state index in [2.05, 4.69) is 12.2 Å². The number of hydrogen-bond acceptors (Lipinski definition) is 2. The molecule has 0 aromatic carbocycles. The Hall–Kier alpha value is 0.210. The van der Waals surface area contributed by atoms with Crippen LogP contribution in [0.15, 0.2) is 0 Å². The molecule has 0 bridgehead atoms. The van der Waals surface area contributed by atoms with Gasteiger partial charge in [0.25, 0.3) is 0 Å². The highest BCUT2D eigenvalue weighted by Crippen LogP contribution is 2.13. The molecular formula is C7H16ClNO. The van der Waals surface area contributed by atoms with Crippen LogP contribution >= 0.6 is 12.4 Å². The third-order valence-electron chi connectivity index (χ3n) is 1.98. The van der Waals surface area contributed by atoms with E-state index in [1.54, 1.807) is 0 Å². The van der Waals surface area contributed by atoms with Gasteiger partial charge in [-0.3, -0.25) is 0 Å². The molecule has 0 aliphatic carbocycles. The molecule has 0 aromatic rings. The molecule has 10 heavy (non-hydrogen) atoms. The van der Waals surface area contributed by atoms with E-state index in [0.29, 0.717) is 12.6 Å². The molecule has 0 saturated carbocycles. The first-order chi connectivity index (χ1) is 4.33. The van der Waals surface area contributed by atoms with Gasteiger partial charge in [0, 0.05) is 6.04 Å². The van der Waals surface area contributed by atoms with E-state index in [1.165, 1.54) is 6.42 Å². The third-order valence-corrected chi connectivity index (χ3v) is 1.98. The van der Waals surface area contributed by atoms with Crippen molar-refractivity contribution in [3.8, 4) is 0 Å². The SMILES string of the molecule is C[C@@H]1CCN[C@H](CO)C1.Cl. The zero-order chi connectivity index (χ0) is 6.69. The maximum atomic E-state index is 8.75. The molecule has 1 aliphatic heterocycles. The minimum absolute atomic E-state index is 0. The fourth-order valence-electron chi connectivity index (χ4n) is 1.36. The van der Waals surface area contributed by atoms with E-state index in [1.807, 2.05) is 0 Å². The summed E-state index contributed by atoms with van der Waals surface area (Å²) >= 11 is 0. The lowest BCUT2D eigenvalue weighted by molar-refractivity contribution is 0.198. The van der Waals surface area contributed by atoms with Crippen molar-refractivity contribution in [3.05, 3.63) is 0 Å². The second-order valence-electron chi connectivity index (χ2n) is 2.96. The number of rotatable bonds is 1. The molecular weight excluding hydrogens is 150 g/mol. The number of aliphatic hydroxyl groups excluding tert-OH is 1. The van der Waals surface area contributed by atoms with E-state index in [0.717, 1.165) is 18.9 Å². The summed E-state index contributed by atoms with van der Waals surface area (Å²) in [6.45, 7) is 3.61. The van der Waals surface area contributed by atoms with Gasteiger partial charge in [-0.15, -0.1) is 12.4 Å². The van der Waals surface area contributed by atoms with Crippen molar-refractivity contribution in [2.75, 3.05) is 13.2 Å². The Morgan fingerprint density at radius 2 is 2.30 bits per heavy atom. The van der Waals surface area contributed by atoms with Crippen LogP contribution in [-0.2, 0) is 0 Å². The molecule has 0 aromatic heterocycles. The van der Waals surface area contributed by atoms with Crippen molar-refractivity contribution in [1.29, 1.82) is 0 Å². The summed E-state index contributed by atoms with van der Waals surface area (Å²) in [5.74, 6) is 0.795. The van der Waals surface area contributed by atoms with E-state index in [4.69, 9.17) is 5.11 Å². The molecule has 2 N–H and O–H groups in total. The largest absolute Gasteiger partial charge is 0.395 e. The van der Waals surface area contributed by atoms with Crippen molar-refractivity contribution < 1.29 is 5.11 Å². The van der Waals surface area contributed by atoms with Gasteiger partial charge in [0.05, 0.1) is 6.61 Å². The molecule has 1 aliphatic rings. The average molecular weight is 166 g/mol. The normalized spacial score (nSPS) is 33.0. The summed E-state index contributed by atoms with van der Waals surface area (Å²) in [4.78, 5) is 0. The van der Waals surface area contributed by atoms with Crippen LogP contribution in [0.4, 0.5) is 0 Å². The van der Waals surface area contributed by atoms with Crippen LogP contribution in [-0.4, -0.2) is 24.3 Å². The minimum Gasteiger partial charge on any atom is -0.395 e. The first-order valence-electron chi connectivity index (χ1n) is 3.67. The van der Waals surface area contributed by atoms with Gasteiger partial charge in [-0.2, -0.15) is 0 Å². The molecule has 62 valence electrons. The Kier molecular flexibility index (Phi) is 5.04. The maximum absolute atomic E-state index is 8.75. The monoisotopic (exact) mass is 165 g/mol. The highest BCUT2D eigenvalue weighted by Gasteiger charge is 2.16. The highest BCUT2D eigenvalue weighted by molar-refractivity contribution is 5.85. The van der Waals surface area contributed by atoms with Crippen LogP contribution in [0, 0.1) is 5.92 Å². The Balaban J connectivity index is 0.000000810. The molecule has 0 unspecified atom stereocenters. The summed E-state index contributed by atoms with van der Waals surface area (Å²) in [5.41, 5.74) is 0. The number of aliphatic hydroxyl groups is 1. The van der Waals surface area contributed by atoms with Crippen LogP contribution in [0.1, 0.15) is 19.8 Å². The topological polar surface area (TPSA) is 32.3 Å². The number of nitrogens with one attached hydrogen (secondary N) is 1. The molecule has 0 amide bonds. The molecule has 0 radical (unpaired) electrons. The van der Waals surface area contributed by atoms with E-state index < -0.39 is 0 Å². The van der Waals surface area contributed by atoms with Gasteiger partial charge in [0.1, 0.15) is 0 Å². The zero-order valence-corrected chi connectivity index (χ0v) is 7.16. The fourth-order valence-corrected chi connectivity index (χ4v) is 1.36. The highest BCUT2D eigenvalue weighted by atomic mass is 35.5. The summed E-state index contributed by atoms with van der Waals surface area (Å²) in [6, 6.07) is 0.369. The van der Waals surface area contributed by atoms with Gasteiger partial charge in [-0.25, -0.2) is 0 Å². The molecule has 1 rings (SSSR count). The summed E-state index contributed by atoms with van der Waals surface area (Å²) in [5, 5.41) is 12.0. The quantitative estimate of drug-likeness (QED) is 0.602. The lowest BCUT2D eigenvalue weighted by atomic mass is 9.95. The smallest absolute Gasteiger partial charge is 0.0584 e. The first kappa shape index (κ1) is 10.2. The fraction of sp³-hybridized carbons (Fsp3) is 1.00. The van der Waals surface area contributed by atoms with E-state index in [9.17, 15) is 0 Å². The van der Waals surface area contributed by atoms with Crippen molar-refractivity contribution in [2.24, 2.45) is 5.92 Å². The van der Waals surface area contributed by atoms with Gasteiger partial charge in [0.2, 0.25) is 0 Å². The van der Waals surface area contributed by atoms with Crippen LogP contribution in [0.5, 0.6) is 0 Å². The summed E-state index contributed by atoms with van der Waals surface area (Å²) < 4.78 is 0. The maximum Gasteiger partial charge on any atom is 0.0584 e. The second-order valence-corrected chi connectivity index (χ2v) is 2.96. The summed E-state index contributed by atoms with van der Waals surface area (Å²) in [6.07, 6.45) is 2.40. The van der Waals surface area contributed by atoms with Crippen molar-refractivity contribution in [1.82, 2.24) is 5.32 Å². The molecule has 0 spiro atoms. The second kappa shape index (κ2) is 4.94. The van der Waals surface area contributed by atoms with Crippen LogP contribution in [0.2, 0.25) is 0 Å². The Labute approximate surface area is 68.4 Å².